The molecule has 9 nitrogen and oxygen atoms in total. The molecule has 2 aliphatic rings. The van der Waals surface area contributed by atoms with E-state index >= 15 is 0 Å². The molecule has 178 valence electrons. The number of nitriles is 1. The highest BCUT2D eigenvalue weighted by molar-refractivity contribution is 6.04. The minimum Gasteiger partial charge on any atom is -0.382 e. The maximum Gasteiger partial charge on any atom is 0.274 e. The SMILES string of the molecule is Cn1cnnc1CC1(c2cccc(NC(=O)c3cc(C=O)c4c(n3)C(C)(C)CN4)c2)CC(C#N)C1. The van der Waals surface area contributed by atoms with Gasteiger partial charge in [0.2, 0.25) is 0 Å². The molecule has 0 spiro atoms. The van der Waals surface area contributed by atoms with Gasteiger partial charge in [-0.15, -0.1) is 10.2 Å². The Morgan fingerprint density at radius 2 is 2.14 bits per heavy atom. The van der Waals surface area contributed by atoms with Crippen LogP contribution in [-0.2, 0) is 24.3 Å². The molecule has 1 fully saturated rings. The molecular weight excluding hydrogens is 442 g/mol. The minimum absolute atomic E-state index is 0.00388. The van der Waals surface area contributed by atoms with Crippen LogP contribution in [0.3, 0.4) is 0 Å². The first kappa shape index (κ1) is 22.7. The number of nitrogens with one attached hydrogen (secondary N) is 2. The number of pyridine rings is 1. The summed E-state index contributed by atoms with van der Waals surface area (Å²) in [5.41, 5.74) is 3.22. The third-order valence-electron chi connectivity index (χ3n) is 7.25. The van der Waals surface area contributed by atoms with E-state index in [2.05, 4.69) is 31.9 Å². The van der Waals surface area contributed by atoms with E-state index in [0.717, 1.165) is 36.2 Å². The van der Waals surface area contributed by atoms with Crippen LogP contribution in [0.25, 0.3) is 0 Å². The number of hydrogen-bond acceptors (Lipinski definition) is 7. The van der Waals surface area contributed by atoms with E-state index < -0.39 is 0 Å². The summed E-state index contributed by atoms with van der Waals surface area (Å²) in [6.07, 6.45) is 4.55. The summed E-state index contributed by atoms with van der Waals surface area (Å²) in [5, 5.41) is 23.8. The third-order valence-corrected chi connectivity index (χ3v) is 7.25. The summed E-state index contributed by atoms with van der Waals surface area (Å²) in [7, 11) is 1.91. The Hall–Kier alpha value is -4.06. The van der Waals surface area contributed by atoms with Crippen LogP contribution in [-0.4, -0.2) is 38.5 Å². The van der Waals surface area contributed by atoms with Crippen LogP contribution in [0, 0.1) is 17.2 Å². The lowest BCUT2D eigenvalue weighted by molar-refractivity contribution is 0.102. The van der Waals surface area contributed by atoms with Gasteiger partial charge in [0, 0.05) is 48.0 Å². The van der Waals surface area contributed by atoms with E-state index in [1.165, 1.54) is 6.07 Å². The van der Waals surface area contributed by atoms with Gasteiger partial charge in [-0.3, -0.25) is 9.59 Å². The summed E-state index contributed by atoms with van der Waals surface area (Å²) in [4.78, 5) is 29.4. The number of anilines is 2. The normalized spacial score (nSPS) is 21.8. The summed E-state index contributed by atoms with van der Waals surface area (Å²) in [6.45, 7) is 4.71. The Morgan fingerprint density at radius 3 is 2.83 bits per heavy atom. The fraction of sp³-hybridized carbons (Fsp3) is 0.385. The molecule has 2 N–H and O–H groups in total. The van der Waals surface area contributed by atoms with Crippen molar-refractivity contribution in [2.45, 2.75) is 43.9 Å². The van der Waals surface area contributed by atoms with Gasteiger partial charge in [0.1, 0.15) is 17.8 Å². The average molecular weight is 470 g/mol. The number of aldehydes is 1. The van der Waals surface area contributed by atoms with E-state index in [1.54, 1.807) is 6.33 Å². The molecule has 9 heteroatoms. The molecule has 3 heterocycles. The van der Waals surface area contributed by atoms with Gasteiger partial charge >= 0.3 is 0 Å². The smallest absolute Gasteiger partial charge is 0.274 e. The number of aryl methyl sites for hydroxylation is 1. The molecule has 2 aromatic heterocycles. The molecular formula is C26H27N7O2. The highest BCUT2D eigenvalue weighted by Gasteiger charge is 2.46. The average Bonchev–Trinajstić information content (AvgIpc) is 3.37. The van der Waals surface area contributed by atoms with Crippen LogP contribution in [0.1, 0.15) is 64.6 Å². The van der Waals surface area contributed by atoms with Gasteiger partial charge < -0.3 is 15.2 Å². The third kappa shape index (κ3) is 3.95. The maximum absolute atomic E-state index is 13.2. The monoisotopic (exact) mass is 469 g/mol. The second kappa shape index (κ2) is 8.31. The molecule has 0 unspecified atom stereocenters. The predicted octanol–water partition coefficient (Wildman–Crippen LogP) is 3.39. The van der Waals surface area contributed by atoms with E-state index in [1.807, 2.05) is 49.7 Å². The molecule has 0 bridgehead atoms. The number of amides is 1. The lowest BCUT2D eigenvalue weighted by Crippen LogP contribution is -2.43. The lowest BCUT2D eigenvalue weighted by atomic mass is 9.57. The van der Waals surface area contributed by atoms with Crippen molar-refractivity contribution in [3.63, 3.8) is 0 Å². The lowest BCUT2D eigenvalue weighted by Gasteiger charge is -2.45. The van der Waals surface area contributed by atoms with Crippen molar-refractivity contribution in [1.29, 1.82) is 5.26 Å². The number of hydrogen-bond donors (Lipinski definition) is 2. The standard InChI is InChI=1S/C26H27N7O2/c1-25(2)14-28-22-17(13-34)7-20(31-23(22)25)24(35)30-19-6-4-5-18(8-19)26(9-16(10-26)12-27)11-21-32-29-15-33(21)3/h4-8,13,15-16,28H,9-11,14H2,1-3H3,(H,30,35). The highest BCUT2D eigenvalue weighted by atomic mass is 16.2. The van der Waals surface area contributed by atoms with Gasteiger partial charge in [-0.2, -0.15) is 5.26 Å². The van der Waals surface area contributed by atoms with Crippen LogP contribution in [0.2, 0.25) is 0 Å². The maximum atomic E-state index is 13.2. The number of carbonyl (C=O) groups excluding carboxylic acids is 2. The van der Waals surface area contributed by atoms with E-state index in [4.69, 9.17) is 0 Å². The van der Waals surface area contributed by atoms with Gasteiger partial charge in [0.05, 0.1) is 17.5 Å². The number of rotatable bonds is 6. The van der Waals surface area contributed by atoms with Crippen molar-refractivity contribution in [3.8, 4) is 6.07 Å². The first-order valence-electron chi connectivity index (χ1n) is 11.6. The number of aromatic nitrogens is 4. The number of benzene rings is 1. The van der Waals surface area contributed by atoms with Gasteiger partial charge in [-0.25, -0.2) is 4.98 Å². The zero-order valence-corrected chi connectivity index (χ0v) is 20.0. The highest BCUT2D eigenvalue weighted by Crippen LogP contribution is 2.50. The van der Waals surface area contributed by atoms with E-state index in [0.29, 0.717) is 29.9 Å². The molecule has 35 heavy (non-hydrogen) atoms. The van der Waals surface area contributed by atoms with Crippen LogP contribution in [0.4, 0.5) is 11.4 Å². The molecule has 1 saturated carbocycles. The van der Waals surface area contributed by atoms with Crippen LogP contribution in [0.15, 0.2) is 36.7 Å². The summed E-state index contributed by atoms with van der Waals surface area (Å²) in [5.74, 6) is 0.480. The van der Waals surface area contributed by atoms with Crippen molar-refractivity contribution in [1.82, 2.24) is 19.7 Å². The Balaban J connectivity index is 1.43. The van der Waals surface area contributed by atoms with Crippen molar-refractivity contribution >= 4 is 23.6 Å². The molecule has 0 atom stereocenters. The summed E-state index contributed by atoms with van der Waals surface area (Å²) < 4.78 is 1.90. The van der Waals surface area contributed by atoms with E-state index in [-0.39, 0.29) is 28.3 Å². The van der Waals surface area contributed by atoms with Crippen molar-refractivity contribution in [2.24, 2.45) is 13.0 Å². The first-order valence-corrected chi connectivity index (χ1v) is 11.6. The predicted molar refractivity (Wildman–Crippen MR) is 130 cm³/mol. The molecule has 0 saturated heterocycles. The van der Waals surface area contributed by atoms with Crippen molar-refractivity contribution < 1.29 is 9.59 Å². The molecule has 0 radical (unpaired) electrons. The molecule has 1 aliphatic heterocycles. The van der Waals surface area contributed by atoms with Gasteiger partial charge in [0.25, 0.3) is 5.91 Å². The Morgan fingerprint density at radius 1 is 1.34 bits per heavy atom. The molecule has 3 aromatic rings. The second-order valence-electron chi connectivity index (χ2n) is 10.3. The summed E-state index contributed by atoms with van der Waals surface area (Å²) >= 11 is 0. The molecule has 1 aliphatic carbocycles. The zero-order valence-electron chi connectivity index (χ0n) is 20.0. The minimum atomic E-state index is -0.374. The van der Waals surface area contributed by atoms with Crippen LogP contribution in [0.5, 0.6) is 0 Å². The Labute approximate surface area is 203 Å². The van der Waals surface area contributed by atoms with Crippen LogP contribution >= 0.6 is 0 Å². The van der Waals surface area contributed by atoms with Crippen molar-refractivity contribution in [3.05, 3.63) is 65.0 Å². The van der Waals surface area contributed by atoms with Gasteiger partial charge in [-0.1, -0.05) is 26.0 Å². The number of nitrogens with zero attached hydrogens (tertiary/aromatic N) is 5. The Kier molecular flexibility index (Phi) is 5.39. The molecule has 5 rings (SSSR count). The Bertz CT molecular complexity index is 1360. The largest absolute Gasteiger partial charge is 0.382 e. The second-order valence-corrected chi connectivity index (χ2v) is 10.3. The van der Waals surface area contributed by atoms with Crippen LogP contribution < -0.4 is 10.6 Å². The fourth-order valence-corrected chi connectivity index (χ4v) is 5.19. The summed E-state index contributed by atoms with van der Waals surface area (Å²) in [6, 6.07) is 11.6. The number of carbonyl (C=O) groups is 2. The van der Waals surface area contributed by atoms with Gasteiger partial charge in [-0.05, 0) is 36.6 Å². The van der Waals surface area contributed by atoms with E-state index in [9.17, 15) is 14.9 Å². The topological polar surface area (TPSA) is 126 Å². The zero-order chi connectivity index (χ0) is 24.8. The van der Waals surface area contributed by atoms with Crippen molar-refractivity contribution in [2.75, 3.05) is 17.2 Å². The number of fused-ring (bicyclic) bond motifs is 1. The molecule has 1 amide bonds. The van der Waals surface area contributed by atoms with Gasteiger partial charge in [0.15, 0.2) is 6.29 Å². The molecule has 1 aromatic carbocycles. The quantitative estimate of drug-likeness (QED) is 0.530. The fourth-order valence-electron chi connectivity index (χ4n) is 5.19. The first-order chi connectivity index (χ1) is 16.7.